The Morgan fingerprint density at radius 3 is 2.66 bits per heavy atom. The summed E-state index contributed by atoms with van der Waals surface area (Å²) < 4.78 is 21.2. The first-order valence-corrected chi connectivity index (χ1v) is 12.7. The van der Waals surface area contributed by atoms with Gasteiger partial charge in [-0.25, -0.2) is 4.79 Å². The molecule has 0 unspecified atom stereocenters. The van der Waals surface area contributed by atoms with Gasteiger partial charge in [0.15, 0.2) is 5.78 Å². The fraction of sp³-hybridized carbons (Fsp3) is 0.630. The van der Waals surface area contributed by atoms with Gasteiger partial charge in [0, 0.05) is 31.9 Å². The first kappa shape index (κ1) is 27.7. The number of ether oxygens (including phenoxy) is 3. The molecule has 0 spiro atoms. The zero-order valence-corrected chi connectivity index (χ0v) is 21.4. The number of halogens is 1. The van der Waals surface area contributed by atoms with Crippen LogP contribution in [0.15, 0.2) is 28.7 Å². The Morgan fingerprint density at radius 1 is 1.03 bits per heavy atom. The average Bonchev–Trinajstić information content (AvgIpc) is 3.51. The zero-order chi connectivity index (χ0) is 23.8. The molecule has 2 atom stereocenters. The number of methoxy groups -OCH3 is 1. The second kappa shape index (κ2) is 14.0. The van der Waals surface area contributed by atoms with Gasteiger partial charge in [0.25, 0.3) is 0 Å². The van der Waals surface area contributed by atoms with Crippen LogP contribution in [0.3, 0.4) is 0 Å². The van der Waals surface area contributed by atoms with E-state index >= 15 is 0 Å². The van der Waals surface area contributed by atoms with E-state index in [1.165, 1.54) is 32.1 Å². The quantitative estimate of drug-likeness (QED) is 0.328. The lowest BCUT2D eigenvalue weighted by molar-refractivity contribution is -0.121. The maximum atomic E-state index is 13.2. The van der Waals surface area contributed by atoms with Gasteiger partial charge in [-0.2, -0.15) is 0 Å². The highest BCUT2D eigenvalue weighted by Crippen LogP contribution is 2.36. The highest BCUT2D eigenvalue weighted by Gasteiger charge is 2.37. The number of carbonyl (C=O) groups is 2. The first-order valence-electron chi connectivity index (χ1n) is 12.7. The van der Waals surface area contributed by atoms with Crippen molar-refractivity contribution in [2.75, 3.05) is 40.1 Å². The number of ketones is 1. The molecule has 2 heterocycles. The van der Waals surface area contributed by atoms with E-state index in [0.29, 0.717) is 50.1 Å². The van der Waals surface area contributed by atoms with Gasteiger partial charge < -0.3 is 23.9 Å². The summed E-state index contributed by atoms with van der Waals surface area (Å²) in [6.07, 6.45) is 8.56. The average molecular weight is 508 g/mol. The molecular formula is C27H38ClNO6. The van der Waals surface area contributed by atoms with Gasteiger partial charge in [-0.1, -0.05) is 38.2 Å². The highest BCUT2D eigenvalue weighted by molar-refractivity contribution is 5.93. The second-order valence-electron chi connectivity index (χ2n) is 9.50. The molecule has 8 heteroatoms. The van der Waals surface area contributed by atoms with Crippen LogP contribution in [-0.2, 0) is 25.4 Å². The maximum Gasteiger partial charge on any atom is 0.374 e. The van der Waals surface area contributed by atoms with Crippen molar-refractivity contribution in [3.63, 3.8) is 0 Å². The number of rotatable bonds is 12. The van der Waals surface area contributed by atoms with Crippen molar-refractivity contribution < 1.29 is 28.2 Å². The van der Waals surface area contributed by atoms with Gasteiger partial charge in [0.2, 0.25) is 5.76 Å². The minimum absolute atomic E-state index is 0. The van der Waals surface area contributed by atoms with E-state index < -0.39 is 5.97 Å². The molecule has 1 saturated heterocycles. The standard InChI is InChI=1S/C27H37NO6.ClH/c1-31-14-15-32-12-5-13-33-27(30)25-18-21-16-19(8-9-24(21)34-25)17-23(29)26-22(10-11-28-26)20-6-3-2-4-7-20;/h8-9,16,18,20,22,26,28H,2-7,10-15,17H2,1H3;1H/t22-,26-;/m0./s1. The fourth-order valence-electron chi connectivity index (χ4n) is 5.40. The van der Waals surface area contributed by atoms with Gasteiger partial charge >= 0.3 is 5.97 Å². The van der Waals surface area contributed by atoms with Crippen molar-refractivity contribution in [2.45, 2.75) is 57.4 Å². The van der Waals surface area contributed by atoms with Crippen LogP contribution in [0.1, 0.15) is 61.1 Å². The van der Waals surface area contributed by atoms with E-state index in [2.05, 4.69) is 5.32 Å². The molecule has 1 aliphatic carbocycles. The molecule has 1 saturated carbocycles. The van der Waals surface area contributed by atoms with Crippen LogP contribution in [0, 0.1) is 11.8 Å². The van der Waals surface area contributed by atoms with Crippen LogP contribution >= 0.6 is 12.4 Å². The number of benzene rings is 1. The number of fused-ring (bicyclic) bond motifs is 1. The summed E-state index contributed by atoms with van der Waals surface area (Å²) in [7, 11) is 1.62. The topological polar surface area (TPSA) is 87.0 Å². The van der Waals surface area contributed by atoms with Gasteiger partial charge in [-0.3, -0.25) is 4.79 Å². The van der Waals surface area contributed by atoms with Crippen LogP contribution < -0.4 is 5.32 Å². The molecule has 0 bridgehead atoms. The summed E-state index contributed by atoms with van der Waals surface area (Å²) in [5, 5.41) is 4.28. The Balaban J connectivity index is 0.00000342. The SMILES string of the molecule is COCCOCCCOC(=O)c1cc2cc(CC(=O)[C@H]3NCC[C@H]3C3CCCCC3)ccc2o1.Cl. The summed E-state index contributed by atoms with van der Waals surface area (Å²) in [4.78, 5) is 25.5. The van der Waals surface area contributed by atoms with Gasteiger partial charge in [0.1, 0.15) is 5.58 Å². The van der Waals surface area contributed by atoms with E-state index in [9.17, 15) is 9.59 Å². The van der Waals surface area contributed by atoms with E-state index in [4.69, 9.17) is 18.6 Å². The van der Waals surface area contributed by atoms with Crippen molar-refractivity contribution >= 4 is 35.1 Å². The molecule has 194 valence electrons. The summed E-state index contributed by atoms with van der Waals surface area (Å²) in [6, 6.07) is 7.35. The summed E-state index contributed by atoms with van der Waals surface area (Å²) in [5.41, 5.74) is 1.56. The Bertz CT molecular complexity index is 954. The molecule has 2 aliphatic rings. The Hall–Kier alpha value is -1.93. The maximum absolute atomic E-state index is 13.2. The molecule has 35 heavy (non-hydrogen) atoms. The number of hydrogen-bond donors (Lipinski definition) is 1. The van der Waals surface area contributed by atoms with Crippen molar-refractivity contribution in [3.8, 4) is 0 Å². The normalized spacial score (nSPS) is 20.6. The highest BCUT2D eigenvalue weighted by atomic mass is 35.5. The number of furan rings is 1. The zero-order valence-electron chi connectivity index (χ0n) is 20.6. The predicted molar refractivity (Wildman–Crippen MR) is 136 cm³/mol. The molecule has 0 amide bonds. The van der Waals surface area contributed by atoms with E-state index in [1.54, 1.807) is 13.2 Å². The predicted octanol–water partition coefficient (Wildman–Crippen LogP) is 4.73. The number of esters is 1. The minimum Gasteiger partial charge on any atom is -0.460 e. The van der Waals surface area contributed by atoms with E-state index in [-0.39, 0.29) is 36.6 Å². The summed E-state index contributed by atoms with van der Waals surface area (Å²) in [6.45, 7) is 2.77. The number of nitrogens with one attached hydrogen (secondary N) is 1. The Morgan fingerprint density at radius 2 is 1.86 bits per heavy atom. The molecule has 1 aromatic heterocycles. The molecule has 2 aromatic rings. The van der Waals surface area contributed by atoms with Gasteiger partial charge in [-0.05, 0) is 48.6 Å². The third-order valence-corrected chi connectivity index (χ3v) is 7.13. The number of Topliss-reactive ketones (excluding diaryl/α,β-unsaturated/α-hetero) is 1. The van der Waals surface area contributed by atoms with E-state index in [1.807, 2.05) is 18.2 Å². The van der Waals surface area contributed by atoms with Crippen molar-refractivity contribution in [3.05, 3.63) is 35.6 Å². The second-order valence-corrected chi connectivity index (χ2v) is 9.50. The van der Waals surface area contributed by atoms with E-state index in [0.717, 1.165) is 23.9 Å². The largest absolute Gasteiger partial charge is 0.460 e. The van der Waals surface area contributed by atoms with Crippen molar-refractivity contribution in [1.29, 1.82) is 0 Å². The minimum atomic E-state index is -0.490. The van der Waals surface area contributed by atoms with Crippen LogP contribution in [0.5, 0.6) is 0 Å². The Kier molecular flexibility index (Phi) is 11.0. The number of hydrogen-bond acceptors (Lipinski definition) is 7. The first-order chi connectivity index (χ1) is 16.7. The summed E-state index contributed by atoms with van der Waals surface area (Å²) >= 11 is 0. The van der Waals surface area contributed by atoms with Crippen LogP contribution in [0.25, 0.3) is 11.0 Å². The molecule has 7 nitrogen and oxygen atoms in total. The smallest absolute Gasteiger partial charge is 0.374 e. The third kappa shape index (κ3) is 7.53. The lowest BCUT2D eigenvalue weighted by Gasteiger charge is -2.30. The monoisotopic (exact) mass is 507 g/mol. The van der Waals surface area contributed by atoms with Crippen LogP contribution in [0.2, 0.25) is 0 Å². The number of carbonyl (C=O) groups excluding carboxylic acids is 2. The van der Waals surface area contributed by atoms with Crippen LogP contribution in [-0.4, -0.2) is 57.9 Å². The van der Waals surface area contributed by atoms with Gasteiger partial charge in [-0.15, -0.1) is 12.4 Å². The van der Waals surface area contributed by atoms with Crippen LogP contribution in [0.4, 0.5) is 0 Å². The fourth-order valence-corrected chi connectivity index (χ4v) is 5.40. The van der Waals surface area contributed by atoms with Gasteiger partial charge in [0.05, 0.1) is 25.9 Å². The molecule has 2 fully saturated rings. The molecule has 1 aliphatic heterocycles. The molecule has 0 radical (unpaired) electrons. The molecule has 1 N–H and O–H groups in total. The van der Waals surface area contributed by atoms with Crippen molar-refractivity contribution in [2.24, 2.45) is 11.8 Å². The Labute approximate surface area is 213 Å². The molecular weight excluding hydrogens is 470 g/mol. The molecule has 4 rings (SSSR count). The third-order valence-electron chi connectivity index (χ3n) is 7.13. The lowest BCUT2D eigenvalue weighted by Crippen LogP contribution is -2.40. The van der Waals surface area contributed by atoms with Crippen molar-refractivity contribution in [1.82, 2.24) is 5.32 Å². The lowest BCUT2D eigenvalue weighted by atomic mass is 9.75. The molecule has 1 aromatic carbocycles. The summed E-state index contributed by atoms with van der Waals surface area (Å²) in [5.74, 6) is 1.10.